The Labute approximate surface area is 169 Å². The van der Waals surface area contributed by atoms with Crippen LogP contribution in [-0.2, 0) is 9.53 Å². The third-order valence-corrected chi connectivity index (χ3v) is 4.00. The lowest BCUT2D eigenvalue weighted by atomic mass is 10.1. The van der Waals surface area contributed by atoms with Crippen LogP contribution in [0.15, 0.2) is 38.5 Å². The minimum Gasteiger partial charge on any atom is -0.463 e. The zero-order valence-corrected chi connectivity index (χ0v) is 18.1. The molecule has 0 rings (SSSR count). The van der Waals surface area contributed by atoms with E-state index in [2.05, 4.69) is 45.4 Å². The molecule has 3 heteroatoms. The summed E-state index contributed by atoms with van der Waals surface area (Å²) in [6.07, 6.45) is 21.5. The van der Waals surface area contributed by atoms with Crippen LogP contribution in [0.5, 0.6) is 0 Å². The zero-order chi connectivity index (χ0) is 21.0. The van der Waals surface area contributed by atoms with Crippen molar-refractivity contribution >= 4 is 5.97 Å². The molecule has 0 aromatic rings. The van der Waals surface area contributed by atoms with Gasteiger partial charge in [0.1, 0.15) is 6.61 Å². The molecule has 0 aromatic heterocycles. The molecule has 1 N–H and O–H groups in total. The molecule has 0 spiro atoms. The van der Waals surface area contributed by atoms with Crippen LogP contribution >= 0.6 is 0 Å². The number of esters is 1. The summed E-state index contributed by atoms with van der Waals surface area (Å²) in [6.45, 7) is 14.3. The average Bonchev–Trinajstić information content (AvgIpc) is 2.72. The number of hydrogen-bond acceptors (Lipinski definition) is 3. The monoisotopic (exact) mass is 382 g/mol. The van der Waals surface area contributed by atoms with Gasteiger partial charge in [-0.15, -0.1) is 26.3 Å². The third kappa shape index (κ3) is 32.8. The predicted molar refractivity (Wildman–Crippen MR) is 120 cm³/mol. The van der Waals surface area contributed by atoms with E-state index in [4.69, 9.17) is 9.84 Å². The SMILES string of the molecule is C=C.C=C.CCCCCCCC/C=C\CCCCCCCC(=O)OCCO. The summed E-state index contributed by atoms with van der Waals surface area (Å²) in [5.41, 5.74) is 0. The molecule has 3 nitrogen and oxygen atoms in total. The highest BCUT2D eigenvalue weighted by Crippen LogP contribution is 2.10. The second kappa shape index (κ2) is 32.3. The minimum atomic E-state index is -0.184. The Morgan fingerprint density at radius 1 is 0.778 bits per heavy atom. The normalized spacial score (nSPS) is 9.85. The quantitative estimate of drug-likeness (QED) is 0.165. The molecule has 0 unspecified atom stereocenters. The van der Waals surface area contributed by atoms with E-state index in [0.717, 1.165) is 12.8 Å². The van der Waals surface area contributed by atoms with Crippen molar-refractivity contribution in [3.8, 4) is 0 Å². The molecular formula is C24H46O3. The van der Waals surface area contributed by atoms with E-state index >= 15 is 0 Å². The molecule has 0 bridgehead atoms. The van der Waals surface area contributed by atoms with E-state index in [1.54, 1.807) is 0 Å². The number of hydrogen-bond donors (Lipinski definition) is 1. The van der Waals surface area contributed by atoms with Crippen molar-refractivity contribution in [2.24, 2.45) is 0 Å². The summed E-state index contributed by atoms with van der Waals surface area (Å²) in [5.74, 6) is -0.184. The molecule has 0 aromatic carbocycles. The molecule has 0 amide bonds. The lowest BCUT2D eigenvalue weighted by molar-refractivity contribution is -0.144. The summed E-state index contributed by atoms with van der Waals surface area (Å²) in [4.78, 5) is 11.2. The first-order chi connectivity index (χ1) is 13.3. The van der Waals surface area contributed by atoms with Crippen LogP contribution in [0, 0.1) is 0 Å². The Kier molecular flexibility index (Phi) is 36.4. The fraction of sp³-hybridized carbons (Fsp3) is 0.708. The maximum absolute atomic E-state index is 11.2. The second-order valence-electron chi connectivity index (χ2n) is 6.28. The number of aliphatic hydroxyl groups excluding tert-OH is 1. The highest BCUT2D eigenvalue weighted by Gasteiger charge is 2.01. The van der Waals surface area contributed by atoms with Crippen LogP contribution < -0.4 is 0 Å². The second-order valence-corrected chi connectivity index (χ2v) is 6.28. The van der Waals surface area contributed by atoms with Gasteiger partial charge in [-0.2, -0.15) is 0 Å². The highest BCUT2D eigenvalue weighted by molar-refractivity contribution is 5.69. The summed E-state index contributed by atoms with van der Waals surface area (Å²) < 4.78 is 4.81. The van der Waals surface area contributed by atoms with Gasteiger partial charge in [-0.25, -0.2) is 0 Å². The van der Waals surface area contributed by atoms with E-state index in [1.165, 1.54) is 70.6 Å². The van der Waals surface area contributed by atoms with Gasteiger partial charge in [0.15, 0.2) is 0 Å². The number of carbonyl (C=O) groups is 1. The Bertz CT molecular complexity index is 298. The molecular weight excluding hydrogens is 336 g/mol. The standard InChI is InChI=1S/C20H38O3.2C2H4/c1-2-3-4-5-6-7-8-9-10-11-12-13-14-15-16-17-20(22)23-19-18-21;2*1-2/h9-10,21H,2-8,11-19H2,1H3;2*1-2H2/b10-9-;;. The molecule has 0 saturated heterocycles. The van der Waals surface area contributed by atoms with Gasteiger partial charge in [-0.3, -0.25) is 4.79 Å². The average molecular weight is 383 g/mol. The molecule has 160 valence electrons. The van der Waals surface area contributed by atoms with Crippen molar-refractivity contribution < 1.29 is 14.6 Å². The largest absolute Gasteiger partial charge is 0.463 e. The van der Waals surface area contributed by atoms with E-state index in [0.29, 0.717) is 6.42 Å². The first-order valence-electron chi connectivity index (χ1n) is 10.7. The fourth-order valence-electron chi connectivity index (χ4n) is 2.57. The van der Waals surface area contributed by atoms with E-state index < -0.39 is 0 Å². The van der Waals surface area contributed by atoms with E-state index in [1.807, 2.05) is 0 Å². The number of unbranched alkanes of at least 4 members (excludes halogenated alkanes) is 11. The van der Waals surface area contributed by atoms with Gasteiger partial charge in [-0.05, 0) is 32.1 Å². The Morgan fingerprint density at radius 3 is 1.70 bits per heavy atom. The minimum absolute atomic E-state index is 0.0852. The molecule has 0 radical (unpaired) electrons. The molecule has 27 heavy (non-hydrogen) atoms. The van der Waals surface area contributed by atoms with Gasteiger partial charge in [0, 0.05) is 6.42 Å². The molecule has 0 aliphatic rings. The van der Waals surface area contributed by atoms with Crippen molar-refractivity contribution in [3.05, 3.63) is 38.5 Å². The van der Waals surface area contributed by atoms with Crippen LogP contribution in [0.2, 0.25) is 0 Å². The van der Waals surface area contributed by atoms with Gasteiger partial charge >= 0.3 is 5.97 Å². The Balaban J connectivity index is -0.00000134. The number of aliphatic hydroxyl groups is 1. The maximum atomic E-state index is 11.2. The predicted octanol–water partition coefficient (Wildman–Crippen LogP) is 7.16. The van der Waals surface area contributed by atoms with Gasteiger partial charge in [-0.1, -0.05) is 70.4 Å². The van der Waals surface area contributed by atoms with E-state index in [9.17, 15) is 4.79 Å². The fourth-order valence-corrected chi connectivity index (χ4v) is 2.57. The molecule has 0 atom stereocenters. The zero-order valence-electron chi connectivity index (χ0n) is 18.1. The Morgan fingerprint density at radius 2 is 1.22 bits per heavy atom. The van der Waals surface area contributed by atoms with Crippen LogP contribution in [0.25, 0.3) is 0 Å². The molecule has 0 saturated carbocycles. The van der Waals surface area contributed by atoms with Crippen molar-refractivity contribution in [1.82, 2.24) is 0 Å². The highest BCUT2D eigenvalue weighted by atomic mass is 16.5. The lowest BCUT2D eigenvalue weighted by Gasteiger charge is -2.02. The third-order valence-electron chi connectivity index (χ3n) is 4.00. The summed E-state index contributed by atoms with van der Waals surface area (Å²) >= 11 is 0. The van der Waals surface area contributed by atoms with Crippen molar-refractivity contribution in [3.63, 3.8) is 0 Å². The van der Waals surface area contributed by atoms with Gasteiger partial charge in [0.05, 0.1) is 6.61 Å². The number of ether oxygens (including phenoxy) is 1. The molecule has 0 heterocycles. The van der Waals surface area contributed by atoms with Crippen LogP contribution in [-0.4, -0.2) is 24.3 Å². The smallest absolute Gasteiger partial charge is 0.305 e. The Hall–Kier alpha value is -1.35. The molecule has 0 fully saturated rings. The van der Waals surface area contributed by atoms with Gasteiger partial charge in [0.2, 0.25) is 0 Å². The van der Waals surface area contributed by atoms with Crippen molar-refractivity contribution in [2.45, 2.75) is 96.8 Å². The summed E-state index contributed by atoms with van der Waals surface area (Å²) in [6, 6.07) is 0. The van der Waals surface area contributed by atoms with Crippen LogP contribution in [0.4, 0.5) is 0 Å². The topological polar surface area (TPSA) is 46.5 Å². The molecule has 0 aliphatic carbocycles. The van der Waals surface area contributed by atoms with Crippen LogP contribution in [0.1, 0.15) is 96.8 Å². The number of rotatable bonds is 17. The number of allylic oxidation sites excluding steroid dienone is 2. The van der Waals surface area contributed by atoms with Gasteiger partial charge < -0.3 is 9.84 Å². The molecule has 0 aliphatic heterocycles. The van der Waals surface area contributed by atoms with Crippen molar-refractivity contribution in [2.75, 3.05) is 13.2 Å². The number of carbonyl (C=O) groups excluding carboxylic acids is 1. The van der Waals surface area contributed by atoms with E-state index in [-0.39, 0.29) is 19.2 Å². The lowest BCUT2D eigenvalue weighted by Crippen LogP contribution is -2.07. The van der Waals surface area contributed by atoms with Gasteiger partial charge in [0.25, 0.3) is 0 Å². The first kappa shape index (κ1) is 30.4. The summed E-state index contributed by atoms with van der Waals surface area (Å²) in [7, 11) is 0. The van der Waals surface area contributed by atoms with Crippen LogP contribution in [0.3, 0.4) is 0 Å². The van der Waals surface area contributed by atoms with Crippen molar-refractivity contribution in [1.29, 1.82) is 0 Å². The summed E-state index contributed by atoms with van der Waals surface area (Å²) in [5, 5.41) is 8.54. The maximum Gasteiger partial charge on any atom is 0.305 e. The first-order valence-corrected chi connectivity index (χ1v) is 10.7.